The second-order valence-corrected chi connectivity index (χ2v) is 2.75. The zero-order chi connectivity index (χ0) is 29.5. The molecule has 0 fully saturated rings. The molecule has 0 aliphatic heterocycles. The summed E-state index contributed by atoms with van der Waals surface area (Å²) in [6.45, 7) is 0. The van der Waals surface area contributed by atoms with Gasteiger partial charge in [0.1, 0.15) is 0 Å². The molecule has 0 aromatic carbocycles. The summed E-state index contributed by atoms with van der Waals surface area (Å²) >= 11 is 0. The molecule has 21 nitrogen and oxygen atoms in total. The van der Waals surface area contributed by atoms with Crippen molar-refractivity contribution < 1.29 is 207 Å². The second kappa shape index (κ2) is 62.0. The molecule has 0 radical (unpaired) electrons. The predicted octanol–water partition coefficient (Wildman–Crippen LogP) is -18.8. The molecule has 37 heteroatoms. The fourth-order valence-corrected chi connectivity index (χ4v) is 0. The Bertz CT molecular complexity index is 213. The minimum Gasteiger partial charge on any atom is -0.907 e. The van der Waals surface area contributed by atoms with Gasteiger partial charge < -0.3 is 123 Å². The van der Waals surface area contributed by atoms with E-state index < -0.39 is 58.5 Å². The number of hydrogen-bond donors (Lipinski definition) is 12. The second-order valence-electron chi connectivity index (χ2n) is 2.75. The first-order valence-corrected chi connectivity index (χ1v) is 6.09. The molecule has 0 aliphatic carbocycles. The molecule has 0 aliphatic rings. The van der Waals surface area contributed by atoms with Crippen LogP contribution in [0.3, 0.4) is 0 Å². The van der Waals surface area contributed by atoms with Crippen molar-refractivity contribution in [2.75, 3.05) is 0 Å². The van der Waals surface area contributed by atoms with Crippen molar-refractivity contribution in [3.63, 3.8) is 0 Å². The van der Waals surface area contributed by atoms with Crippen molar-refractivity contribution >= 4 is 58.5 Å². The fourth-order valence-electron chi connectivity index (χ4n) is 0. The monoisotopic (exact) mass is 794 g/mol. The molecule has 0 rings (SSSR count). The molecule has 0 unspecified atom stereocenters. The maximum absolute atomic E-state index is 9.75. The van der Waals surface area contributed by atoms with Crippen LogP contribution in [0.2, 0.25) is 0 Å². The third kappa shape index (κ3) is 10800. The van der Waals surface area contributed by atoms with Gasteiger partial charge in [-0.3, -0.25) is 22.0 Å². The van der Waals surface area contributed by atoms with Gasteiger partial charge in [0.25, 0.3) is 0 Å². The topological polar surface area (TPSA) is 450 Å². The van der Waals surface area contributed by atoms with Crippen molar-refractivity contribution in [2.24, 2.45) is 0 Å². The Hall–Kier alpha value is 2.15. The van der Waals surface area contributed by atoms with Gasteiger partial charge in [0.15, 0.2) is 0 Å². The van der Waals surface area contributed by atoms with E-state index in [-0.39, 0.29) is 84.6 Å². The van der Waals surface area contributed by atoms with Crippen molar-refractivity contribution in [3.8, 4) is 0 Å². The third-order valence-corrected chi connectivity index (χ3v) is 0. The summed E-state index contributed by atoms with van der Waals surface area (Å²) in [5, 5.41) is 162. The first-order valence-electron chi connectivity index (χ1n) is 6.09. The number of rotatable bonds is 0. The van der Waals surface area contributed by atoms with E-state index in [0.717, 1.165) is 0 Å². The van der Waals surface area contributed by atoms with Gasteiger partial charge >= 0.3 is 121 Å². The Morgan fingerprint density at radius 3 is 0.351 bits per heavy atom. The molecular weight excluding hydrogens is 786 g/mol. The summed E-state index contributed by atoms with van der Waals surface area (Å²) in [6, 6.07) is 0. The summed E-state index contributed by atoms with van der Waals surface area (Å²) < 4.78 is 39.0. The van der Waals surface area contributed by atoms with Gasteiger partial charge in [-0.2, -0.15) is 0 Å². The Balaban J connectivity index is -0.0000000190. The van der Waals surface area contributed by atoms with Crippen LogP contribution in [0.25, 0.3) is 0 Å². The average Bonchev–Trinajstić information content (AvgIpc) is 2.29. The van der Waals surface area contributed by atoms with Crippen LogP contribution in [0.1, 0.15) is 0 Å². The zero-order valence-electron chi connectivity index (χ0n) is 17.8. The molecule has 0 spiro atoms. The Kier molecular flexibility index (Phi) is 129. The normalized spacial score (nSPS) is 6.73. The first kappa shape index (κ1) is 77.3. The van der Waals surface area contributed by atoms with E-state index in [2.05, 4.69) is 0 Å². The largest absolute Gasteiger partial charge is 4.00 e. The third-order valence-electron chi connectivity index (χ3n) is 0. The fraction of sp³-hybridized carbons (Fsp3) is 0. The van der Waals surface area contributed by atoms with Gasteiger partial charge in [-0.1, -0.05) is 0 Å². The number of hydrogen-bond acceptors (Lipinski definition) is 21. The van der Waals surface area contributed by atoms with Gasteiger partial charge in [0.2, 0.25) is 0 Å². The maximum Gasteiger partial charge on any atom is 4.00 e. The van der Waals surface area contributed by atoms with Crippen LogP contribution in [-0.2, 0) is 84.6 Å². The van der Waals surface area contributed by atoms with E-state index in [9.17, 15) is 17.3 Å². The summed E-state index contributed by atoms with van der Waals surface area (Å²) in [6.07, 6.45) is 0. The smallest absolute Gasteiger partial charge is 0.907 e. The predicted molar refractivity (Wildman–Crippen MR) is 77.1 cm³/mol. The Morgan fingerprint density at radius 1 is 0.351 bits per heavy atom. The summed E-state index contributed by atoms with van der Waals surface area (Å²) in [7, 11) is -23.4. The average molecular weight is 798 g/mol. The SMILES string of the molecule is F[B-](F)(F)F.OB(O)O.OB(O)O.OB(O)O.OB(O)O.[O-]B([O-])[O-].[O-]B([O-])[O-].[O-]B([O-])[O-].[Zn+2].[Zn+2].[Zn+2].[Zr+4]. The van der Waals surface area contributed by atoms with Crippen molar-refractivity contribution in [1.29, 1.82) is 0 Å². The molecular formula is H12B8F4O21Zn3Zr. The van der Waals surface area contributed by atoms with E-state index in [1.807, 2.05) is 0 Å². The summed E-state index contributed by atoms with van der Waals surface area (Å²) in [5.74, 6) is 0. The van der Waals surface area contributed by atoms with Crippen molar-refractivity contribution in [3.05, 3.63) is 0 Å². The maximum atomic E-state index is 9.75. The molecule has 0 aromatic heterocycles. The molecule has 0 heterocycles. The standard InChI is InChI=1S/BF4.4BH3O3.3BO3.3Zn.Zr/c2-1(3,4)5;7*2-1(3)4;;;;/h;4*2-4H;;;;;;;/q-1;;;;;3*-3;3*+2;+4. The van der Waals surface area contributed by atoms with E-state index in [1.165, 1.54) is 0 Å². The molecule has 12 N–H and O–H groups in total. The molecule has 37 heavy (non-hydrogen) atoms. The van der Waals surface area contributed by atoms with Gasteiger partial charge in [-0.05, 0) is 0 Å². The van der Waals surface area contributed by atoms with Crippen LogP contribution in [0.15, 0.2) is 0 Å². The van der Waals surface area contributed by atoms with Crippen LogP contribution in [-0.4, -0.2) is 119 Å². The quantitative estimate of drug-likeness (QED) is 0.0799. The molecule has 0 bridgehead atoms. The van der Waals surface area contributed by atoms with Crippen LogP contribution in [0.4, 0.5) is 17.3 Å². The van der Waals surface area contributed by atoms with E-state index in [1.54, 1.807) is 0 Å². The minimum absolute atomic E-state index is 0. The number of halogens is 4. The van der Waals surface area contributed by atoms with E-state index in [0.29, 0.717) is 0 Å². The molecule has 0 saturated heterocycles. The summed E-state index contributed by atoms with van der Waals surface area (Å²) in [4.78, 5) is 0. The van der Waals surface area contributed by atoms with Gasteiger partial charge in [-0.25, -0.2) is 0 Å². The van der Waals surface area contributed by atoms with Crippen LogP contribution < -0.4 is 45.2 Å². The minimum atomic E-state index is -6.00. The Morgan fingerprint density at radius 2 is 0.351 bits per heavy atom. The molecule has 0 aromatic rings. The van der Waals surface area contributed by atoms with Crippen LogP contribution >= 0.6 is 0 Å². The van der Waals surface area contributed by atoms with Crippen molar-refractivity contribution in [2.45, 2.75) is 0 Å². The molecule has 0 atom stereocenters. The Labute approximate surface area is 264 Å². The van der Waals surface area contributed by atoms with E-state index >= 15 is 0 Å². The van der Waals surface area contributed by atoms with Gasteiger partial charge in [0.05, 0.1) is 0 Å². The molecule has 0 saturated carbocycles. The van der Waals surface area contributed by atoms with Gasteiger partial charge in [0, 0.05) is 0 Å². The van der Waals surface area contributed by atoms with E-state index in [4.69, 9.17) is 106 Å². The summed E-state index contributed by atoms with van der Waals surface area (Å²) in [5.41, 5.74) is 0. The van der Waals surface area contributed by atoms with Crippen molar-refractivity contribution in [1.82, 2.24) is 0 Å². The molecule has 200 valence electrons. The first-order chi connectivity index (χ1) is 14.1. The van der Waals surface area contributed by atoms with Crippen LogP contribution in [0, 0.1) is 0 Å². The zero-order valence-corrected chi connectivity index (χ0v) is 29.2. The van der Waals surface area contributed by atoms with Gasteiger partial charge in [-0.15, -0.1) is 0 Å². The van der Waals surface area contributed by atoms with Crippen LogP contribution in [0.5, 0.6) is 0 Å². The molecule has 0 amide bonds.